The van der Waals surface area contributed by atoms with E-state index in [9.17, 15) is 18.0 Å². The van der Waals surface area contributed by atoms with Gasteiger partial charge in [-0.2, -0.15) is 18.3 Å². The molecule has 0 aliphatic carbocycles. The van der Waals surface area contributed by atoms with E-state index in [4.69, 9.17) is 0 Å². The number of anilines is 1. The van der Waals surface area contributed by atoms with E-state index in [1.807, 2.05) is 6.92 Å². The Morgan fingerprint density at radius 2 is 2.09 bits per heavy atom. The minimum absolute atomic E-state index is 0.0742. The topological polar surface area (TPSA) is 70.1 Å². The Hall–Kier alpha value is -2.64. The van der Waals surface area contributed by atoms with Gasteiger partial charge in [0.25, 0.3) is 5.56 Å². The Balaban J connectivity index is 2.21. The van der Waals surface area contributed by atoms with Gasteiger partial charge in [0.15, 0.2) is 0 Å². The van der Waals surface area contributed by atoms with Gasteiger partial charge in [0, 0.05) is 17.3 Å². The second-order valence-corrected chi connectivity index (χ2v) is 4.39. The zero-order chi connectivity index (χ0) is 16.2. The molecule has 0 aliphatic rings. The quantitative estimate of drug-likeness (QED) is 0.674. The second-order valence-electron chi connectivity index (χ2n) is 4.39. The number of hydrogen-bond donors (Lipinski definition) is 2. The van der Waals surface area contributed by atoms with E-state index in [-0.39, 0.29) is 17.1 Å². The van der Waals surface area contributed by atoms with E-state index in [0.29, 0.717) is 12.1 Å². The molecule has 0 atom stereocenters. The van der Waals surface area contributed by atoms with Gasteiger partial charge in [-0.3, -0.25) is 9.78 Å². The monoisotopic (exact) mass is 310 g/mol. The molecule has 2 rings (SSSR count). The molecule has 8 heteroatoms. The molecule has 2 aromatic rings. The van der Waals surface area contributed by atoms with Crippen LogP contribution in [-0.2, 0) is 12.6 Å². The molecule has 0 aliphatic heterocycles. The molecule has 0 bridgehead atoms. The summed E-state index contributed by atoms with van der Waals surface area (Å²) in [6.07, 6.45) is -2.88. The molecular formula is C14H13F3N4O. The number of benzene rings is 1. The lowest BCUT2D eigenvalue weighted by Gasteiger charge is -2.09. The minimum atomic E-state index is -4.46. The third-order valence-electron chi connectivity index (χ3n) is 2.80. The third kappa shape index (κ3) is 3.94. The van der Waals surface area contributed by atoms with E-state index >= 15 is 0 Å². The maximum atomic E-state index is 12.8. The number of nitrogens with one attached hydrogen (secondary N) is 2. The van der Waals surface area contributed by atoms with Crippen molar-refractivity contribution in [2.24, 2.45) is 5.10 Å². The molecule has 1 aromatic heterocycles. The smallest absolute Gasteiger partial charge is 0.291 e. The van der Waals surface area contributed by atoms with Crippen LogP contribution in [0.4, 0.5) is 19.1 Å². The van der Waals surface area contributed by atoms with Crippen LogP contribution in [0.25, 0.3) is 0 Å². The first-order chi connectivity index (χ1) is 10.4. The SMILES string of the molecule is CCc1cc(=O)[nH]c(N/N=C\c2ccccc2C(F)(F)F)n1. The fraction of sp³-hybridized carbons (Fsp3) is 0.214. The Kier molecular flexibility index (Phi) is 4.59. The average Bonchev–Trinajstić information content (AvgIpc) is 2.46. The first-order valence-corrected chi connectivity index (χ1v) is 6.45. The minimum Gasteiger partial charge on any atom is -0.291 e. The van der Waals surface area contributed by atoms with Crippen molar-refractivity contribution in [2.75, 3.05) is 5.43 Å². The Bertz CT molecular complexity index is 737. The van der Waals surface area contributed by atoms with Gasteiger partial charge in [0.2, 0.25) is 5.95 Å². The zero-order valence-electron chi connectivity index (χ0n) is 11.6. The van der Waals surface area contributed by atoms with Crippen molar-refractivity contribution in [1.29, 1.82) is 0 Å². The maximum absolute atomic E-state index is 12.8. The average molecular weight is 310 g/mol. The van der Waals surface area contributed by atoms with Crippen LogP contribution in [0.2, 0.25) is 0 Å². The van der Waals surface area contributed by atoms with Gasteiger partial charge >= 0.3 is 6.18 Å². The summed E-state index contributed by atoms with van der Waals surface area (Å²) in [6.45, 7) is 1.83. The molecule has 0 fully saturated rings. The predicted molar refractivity (Wildman–Crippen MR) is 76.9 cm³/mol. The number of aromatic nitrogens is 2. The van der Waals surface area contributed by atoms with Crippen LogP contribution in [0.5, 0.6) is 0 Å². The molecule has 0 radical (unpaired) electrons. The fourth-order valence-corrected chi connectivity index (χ4v) is 1.77. The van der Waals surface area contributed by atoms with Gasteiger partial charge in [0.05, 0.1) is 11.8 Å². The highest BCUT2D eigenvalue weighted by atomic mass is 19.4. The van der Waals surface area contributed by atoms with Gasteiger partial charge in [-0.15, -0.1) is 0 Å². The number of H-pyrrole nitrogens is 1. The van der Waals surface area contributed by atoms with Gasteiger partial charge in [-0.05, 0) is 12.5 Å². The third-order valence-corrected chi connectivity index (χ3v) is 2.80. The lowest BCUT2D eigenvalue weighted by Crippen LogP contribution is -2.12. The van der Waals surface area contributed by atoms with Crippen molar-refractivity contribution in [2.45, 2.75) is 19.5 Å². The summed E-state index contributed by atoms with van der Waals surface area (Å²) in [5, 5.41) is 3.69. The lowest BCUT2D eigenvalue weighted by molar-refractivity contribution is -0.137. The number of nitrogens with zero attached hydrogens (tertiary/aromatic N) is 2. The van der Waals surface area contributed by atoms with Crippen LogP contribution >= 0.6 is 0 Å². The highest BCUT2D eigenvalue weighted by molar-refractivity contribution is 5.82. The van der Waals surface area contributed by atoms with Crippen LogP contribution in [0.15, 0.2) is 40.2 Å². The number of aromatic amines is 1. The zero-order valence-corrected chi connectivity index (χ0v) is 11.6. The summed E-state index contributed by atoms with van der Waals surface area (Å²) in [6, 6.07) is 6.39. The van der Waals surface area contributed by atoms with E-state index in [1.165, 1.54) is 24.3 Å². The number of alkyl halides is 3. The molecule has 5 nitrogen and oxygen atoms in total. The summed E-state index contributed by atoms with van der Waals surface area (Å²) in [5.74, 6) is 0.0742. The van der Waals surface area contributed by atoms with Crippen LogP contribution in [0, 0.1) is 0 Å². The molecular weight excluding hydrogens is 297 g/mol. The molecule has 116 valence electrons. The lowest BCUT2D eigenvalue weighted by atomic mass is 10.1. The molecule has 1 aromatic carbocycles. The summed E-state index contributed by atoms with van der Waals surface area (Å²) in [4.78, 5) is 17.8. The van der Waals surface area contributed by atoms with Crippen LogP contribution < -0.4 is 11.0 Å². The molecule has 1 heterocycles. The van der Waals surface area contributed by atoms with E-state index in [0.717, 1.165) is 12.3 Å². The van der Waals surface area contributed by atoms with Gasteiger partial charge in [-0.25, -0.2) is 10.4 Å². The molecule has 0 spiro atoms. The van der Waals surface area contributed by atoms with Gasteiger partial charge < -0.3 is 0 Å². The van der Waals surface area contributed by atoms with E-state index in [1.54, 1.807) is 0 Å². The van der Waals surface area contributed by atoms with E-state index in [2.05, 4.69) is 20.5 Å². The molecule has 22 heavy (non-hydrogen) atoms. The number of hydrazone groups is 1. The fourth-order valence-electron chi connectivity index (χ4n) is 1.77. The predicted octanol–water partition coefficient (Wildman–Crippen LogP) is 2.80. The Morgan fingerprint density at radius 3 is 2.77 bits per heavy atom. The molecule has 0 saturated carbocycles. The van der Waals surface area contributed by atoms with Gasteiger partial charge in [0.1, 0.15) is 0 Å². The van der Waals surface area contributed by atoms with Crippen molar-refractivity contribution in [3.8, 4) is 0 Å². The Labute approximate surface area is 123 Å². The molecule has 0 amide bonds. The highest BCUT2D eigenvalue weighted by Crippen LogP contribution is 2.31. The Morgan fingerprint density at radius 1 is 1.36 bits per heavy atom. The number of halogens is 3. The van der Waals surface area contributed by atoms with Crippen LogP contribution in [0.3, 0.4) is 0 Å². The first kappa shape index (κ1) is 15.7. The summed E-state index contributed by atoms with van der Waals surface area (Å²) in [5.41, 5.74) is 1.74. The second kappa shape index (κ2) is 6.42. The van der Waals surface area contributed by atoms with Gasteiger partial charge in [-0.1, -0.05) is 25.1 Å². The number of rotatable bonds is 4. The van der Waals surface area contributed by atoms with Crippen molar-refractivity contribution < 1.29 is 13.2 Å². The molecule has 0 unspecified atom stereocenters. The maximum Gasteiger partial charge on any atom is 0.417 e. The van der Waals surface area contributed by atoms with Crippen LogP contribution in [0.1, 0.15) is 23.7 Å². The van der Waals surface area contributed by atoms with E-state index < -0.39 is 11.7 Å². The highest BCUT2D eigenvalue weighted by Gasteiger charge is 2.32. The number of aryl methyl sites for hydroxylation is 1. The number of hydrogen-bond acceptors (Lipinski definition) is 4. The van der Waals surface area contributed by atoms with Crippen molar-refractivity contribution >= 4 is 12.2 Å². The van der Waals surface area contributed by atoms with Crippen molar-refractivity contribution in [1.82, 2.24) is 9.97 Å². The largest absolute Gasteiger partial charge is 0.417 e. The molecule has 0 saturated heterocycles. The standard InChI is InChI=1S/C14H13F3N4O/c1-2-10-7-12(22)20-13(19-10)21-18-8-9-5-3-4-6-11(9)14(15,16)17/h3-8H,2H2,1H3,(H2,19,20,21,22)/b18-8-. The first-order valence-electron chi connectivity index (χ1n) is 6.45. The summed E-state index contributed by atoms with van der Waals surface area (Å²) in [7, 11) is 0. The van der Waals surface area contributed by atoms with Crippen molar-refractivity contribution in [3.05, 3.63) is 57.5 Å². The summed E-state index contributed by atoms with van der Waals surface area (Å²) < 4.78 is 38.4. The summed E-state index contributed by atoms with van der Waals surface area (Å²) >= 11 is 0. The van der Waals surface area contributed by atoms with Crippen molar-refractivity contribution in [3.63, 3.8) is 0 Å². The molecule has 2 N–H and O–H groups in total. The van der Waals surface area contributed by atoms with Crippen LogP contribution in [-0.4, -0.2) is 16.2 Å². The normalized spacial score (nSPS) is 11.8.